The van der Waals surface area contributed by atoms with Crippen molar-refractivity contribution in [3.63, 3.8) is 0 Å². The van der Waals surface area contributed by atoms with E-state index < -0.39 is 0 Å². The molecule has 0 atom stereocenters. The highest BCUT2D eigenvalue weighted by atomic mass is 79.9. The van der Waals surface area contributed by atoms with Crippen LogP contribution in [0.25, 0.3) is 0 Å². The van der Waals surface area contributed by atoms with E-state index in [9.17, 15) is 0 Å². The summed E-state index contributed by atoms with van der Waals surface area (Å²) in [4.78, 5) is 8.12. The maximum atomic E-state index is 6.08. The lowest BCUT2D eigenvalue weighted by molar-refractivity contribution is -0.0460. The fraction of sp³-hybridized carbons (Fsp3) is 0.733. The summed E-state index contributed by atoms with van der Waals surface area (Å²) in [6.07, 6.45) is 4.40. The highest BCUT2D eigenvalue weighted by Gasteiger charge is 2.39. The number of hydrogen-bond acceptors (Lipinski definition) is 3. The fourth-order valence-electron chi connectivity index (χ4n) is 2.86. The van der Waals surface area contributed by atoms with E-state index in [-0.39, 0.29) is 11.0 Å². The van der Waals surface area contributed by atoms with E-state index in [4.69, 9.17) is 17.0 Å². The topological polar surface area (TPSA) is 37.9 Å². The van der Waals surface area contributed by atoms with Gasteiger partial charge in [0.25, 0.3) is 0 Å². The lowest BCUT2D eigenvalue weighted by atomic mass is 9.91. The molecular formula is C15H23BrN2OS. The Morgan fingerprint density at radius 2 is 1.95 bits per heavy atom. The zero-order chi connectivity index (χ0) is 15.0. The first kappa shape index (κ1) is 16.1. The Kier molecular flexibility index (Phi) is 4.72. The van der Waals surface area contributed by atoms with Crippen LogP contribution < -0.4 is 0 Å². The monoisotopic (exact) mass is 358 g/mol. The third kappa shape index (κ3) is 3.00. The molecule has 112 valence electrons. The maximum absolute atomic E-state index is 6.08. The van der Waals surface area contributed by atoms with Crippen LogP contribution in [0, 0.1) is 4.64 Å². The van der Waals surface area contributed by atoms with Crippen molar-refractivity contribution < 1.29 is 4.74 Å². The zero-order valence-corrected chi connectivity index (χ0v) is 15.1. The van der Waals surface area contributed by atoms with Gasteiger partial charge < -0.3 is 9.72 Å². The lowest BCUT2D eigenvalue weighted by Crippen LogP contribution is -2.30. The molecule has 0 aliphatic heterocycles. The summed E-state index contributed by atoms with van der Waals surface area (Å²) in [6, 6.07) is 0. The fourth-order valence-corrected chi connectivity index (χ4v) is 3.84. The van der Waals surface area contributed by atoms with Gasteiger partial charge >= 0.3 is 0 Å². The molecule has 0 amide bonds. The molecule has 2 rings (SSSR count). The molecule has 1 aromatic rings. The van der Waals surface area contributed by atoms with Crippen molar-refractivity contribution in [2.75, 3.05) is 6.61 Å². The van der Waals surface area contributed by atoms with Crippen molar-refractivity contribution in [2.24, 2.45) is 0 Å². The second-order valence-electron chi connectivity index (χ2n) is 6.46. The van der Waals surface area contributed by atoms with Gasteiger partial charge in [0.15, 0.2) is 0 Å². The summed E-state index contributed by atoms with van der Waals surface area (Å²) in [5.41, 5.74) is 0.803. The van der Waals surface area contributed by atoms with Gasteiger partial charge in [-0.25, -0.2) is 4.98 Å². The molecule has 0 spiro atoms. The SMILES string of the molecule is CCOC1(c2nc(=S)c(Br)c(C(C)(C)C)[nH]2)CCCC1. The molecule has 5 heteroatoms. The predicted molar refractivity (Wildman–Crippen MR) is 87.6 cm³/mol. The third-order valence-electron chi connectivity index (χ3n) is 3.88. The number of nitrogens with zero attached hydrogens (tertiary/aromatic N) is 1. The van der Waals surface area contributed by atoms with Crippen molar-refractivity contribution in [2.45, 2.75) is 64.4 Å². The maximum Gasteiger partial charge on any atom is 0.144 e. The van der Waals surface area contributed by atoms with Gasteiger partial charge in [-0.3, -0.25) is 0 Å². The molecule has 1 aliphatic carbocycles. The van der Waals surface area contributed by atoms with E-state index in [1.54, 1.807) is 0 Å². The molecule has 0 unspecified atom stereocenters. The van der Waals surface area contributed by atoms with Gasteiger partial charge in [0.1, 0.15) is 16.1 Å². The number of aromatic nitrogens is 2. The summed E-state index contributed by atoms with van der Waals surface area (Å²) in [5.74, 6) is 0.898. The molecule has 0 saturated heterocycles. The van der Waals surface area contributed by atoms with Crippen molar-refractivity contribution >= 4 is 28.1 Å². The largest absolute Gasteiger partial charge is 0.367 e. The number of aromatic amines is 1. The van der Waals surface area contributed by atoms with Crippen molar-refractivity contribution in [1.82, 2.24) is 9.97 Å². The second kappa shape index (κ2) is 5.85. The van der Waals surface area contributed by atoms with Crippen LogP contribution in [0.5, 0.6) is 0 Å². The van der Waals surface area contributed by atoms with E-state index in [0.717, 1.165) is 28.8 Å². The molecule has 1 aliphatic rings. The summed E-state index contributed by atoms with van der Waals surface area (Å²) < 4.78 is 7.60. The highest BCUT2D eigenvalue weighted by molar-refractivity contribution is 9.10. The molecule has 3 nitrogen and oxygen atoms in total. The van der Waals surface area contributed by atoms with E-state index in [1.807, 2.05) is 6.92 Å². The smallest absolute Gasteiger partial charge is 0.144 e. The van der Waals surface area contributed by atoms with E-state index in [2.05, 4.69) is 46.7 Å². The first-order valence-corrected chi connectivity index (χ1v) is 8.45. The molecule has 1 aromatic heterocycles. The molecule has 1 fully saturated rings. The van der Waals surface area contributed by atoms with Gasteiger partial charge in [0.2, 0.25) is 0 Å². The van der Waals surface area contributed by atoms with Gasteiger partial charge in [0, 0.05) is 17.7 Å². The Balaban J connectivity index is 2.57. The first-order valence-electron chi connectivity index (χ1n) is 7.25. The zero-order valence-electron chi connectivity index (χ0n) is 12.7. The molecule has 1 saturated carbocycles. The molecule has 0 bridgehead atoms. The number of ether oxygens (including phenoxy) is 1. The number of H-pyrrole nitrogens is 1. The Bertz CT molecular complexity index is 542. The average Bonchev–Trinajstić information content (AvgIpc) is 2.81. The van der Waals surface area contributed by atoms with Crippen LogP contribution in [0.15, 0.2) is 4.47 Å². The standard InChI is InChI=1S/C15H23BrN2OS/c1-5-19-15(8-6-7-9-15)13-17-11(14(2,3)4)10(16)12(20)18-13/h5-9H2,1-4H3,(H,17,18,20). The van der Waals surface area contributed by atoms with Gasteiger partial charge in [-0.1, -0.05) is 33.0 Å². The van der Waals surface area contributed by atoms with E-state index in [1.165, 1.54) is 12.8 Å². The van der Waals surface area contributed by atoms with Crippen LogP contribution in [0.2, 0.25) is 0 Å². The second-order valence-corrected chi connectivity index (χ2v) is 7.64. The molecule has 20 heavy (non-hydrogen) atoms. The average molecular weight is 359 g/mol. The minimum Gasteiger partial charge on any atom is -0.367 e. The van der Waals surface area contributed by atoms with E-state index >= 15 is 0 Å². The van der Waals surface area contributed by atoms with Gasteiger partial charge in [0.05, 0.1) is 4.47 Å². The summed E-state index contributed by atoms with van der Waals surface area (Å²) in [6.45, 7) is 9.25. The Hall–Kier alpha value is -0.260. The minimum absolute atomic E-state index is 0.0178. The van der Waals surface area contributed by atoms with Crippen molar-refractivity contribution in [1.29, 1.82) is 0 Å². The summed E-state index contributed by atoms with van der Waals surface area (Å²) in [5, 5.41) is 0. The van der Waals surface area contributed by atoms with Gasteiger partial charge in [-0.2, -0.15) is 0 Å². The van der Waals surface area contributed by atoms with Crippen LogP contribution in [0.1, 0.15) is 64.9 Å². The quantitative estimate of drug-likeness (QED) is 0.772. The van der Waals surface area contributed by atoms with Gasteiger partial charge in [-0.15, -0.1) is 0 Å². The van der Waals surface area contributed by atoms with Crippen molar-refractivity contribution in [3.05, 3.63) is 20.6 Å². The van der Waals surface area contributed by atoms with Crippen LogP contribution in [0.3, 0.4) is 0 Å². The van der Waals surface area contributed by atoms with E-state index in [0.29, 0.717) is 11.2 Å². The number of halogens is 1. The Morgan fingerprint density at radius 1 is 1.35 bits per heavy atom. The van der Waals surface area contributed by atoms with Crippen LogP contribution in [0.4, 0.5) is 0 Å². The van der Waals surface area contributed by atoms with Crippen LogP contribution in [-0.4, -0.2) is 16.6 Å². The molecule has 1 N–H and O–H groups in total. The Labute approximate surface area is 134 Å². The third-order valence-corrected chi connectivity index (χ3v) is 5.21. The number of nitrogens with one attached hydrogen (secondary N) is 1. The molecule has 1 heterocycles. The summed E-state index contributed by atoms with van der Waals surface area (Å²) in [7, 11) is 0. The Morgan fingerprint density at radius 3 is 2.45 bits per heavy atom. The lowest BCUT2D eigenvalue weighted by Gasteiger charge is -2.30. The van der Waals surface area contributed by atoms with Crippen LogP contribution >= 0.6 is 28.1 Å². The normalized spacial score (nSPS) is 18.4. The molecule has 0 radical (unpaired) electrons. The summed E-state index contributed by atoms with van der Waals surface area (Å²) >= 11 is 9.01. The number of hydrogen-bond donors (Lipinski definition) is 1. The first-order chi connectivity index (χ1) is 9.30. The number of rotatable bonds is 3. The van der Waals surface area contributed by atoms with Gasteiger partial charge in [-0.05, 0) is 48.5 Å². The minimum atomic E-state index is -0.275. The molecule has 0 aromatic carbocycles. The highest BCUT2D eigenvalue weighted by Crippen LogP contribution is 2.41. The molecular weight excluding hydrogens is 336 g/mol. The predicted octanol–water partition coefficient (Wildman–Crippen LogP) is 5.00. The van der Waals surface area contributed by atoms with Crippen LogP contribution in [-0.2, 0) is 15.8 Å². The van der Waals surface area contributed by atoms with Crippen molar-refractivity contribution in [3.8, 4) is 0 Å².